The number of aryl methyl sites for hydroxylation is 2. The molecule has 1 fully saturated rings. The molecular formula is C30H33N5O3. The first-order chi connectivity index (χ1) is 18.5. The highest BCUT2D eigenvalue weighted by Gasteiger charge is 2.36. The molecule has 1 saturated carbocycles. The second-order valence-corrected chi connectivity index (χ2v) is 9.91. The van der Waals surface area contributed by atoms with Crippen molar-refractivity contribution in [3.63, 3.8) is 0 Å². The molecule has 1 aromatic heterocycles. The molecule has 1 unspecified atom stereocenters. The number of methoxy groups -OCH3 is 1. The SMILES string of the molecule is COc1cccc(C(C(=O)NC2CCCC2)N(C(=O)Cn2nnc3ccccc32)c2c(C)cccc2C)c1. The van der Waals surface area contributed by atoms with E-state index >= 15 is 0 Å². The Morgan fingerprint density at radius 2 is 1.74 bits per heavy atom. The number of rotatable bonds is 8. The molecule has 8 heteroatoms. The number of anilines is 1. The standard InChI is InChI=1S/C30H33N5O3/c1-20-10-8-11-21(2)28(20)35(27(36)19-34-26-17-7-6-16-25(26)32-33-34)29(22-12-9-15-24(18-22)38-3)30(37)31-23-13-4-5-14-23/h6-12,15-18,23,29H,4-5,13-14,19H2,1-3H3,(H,31,37). The van der Waals surface area contributed by atoms with E-state index in [0.717, 1.165) is 48.0 Å². The number of carbonyl (C=O) groups excluding carboxylic acids is 2. The van der Waals surface area contributed by atoms with Crippen molar-refractivity contribution in [3.8, 4) is 5.75 Å². The number of ether oxygens (including phenoxy) is 1. The van der Waals surface area contributed by atoms with Crippen molar-refractivity contribution in [2.45, 2.75) is 58.2 Å². The highest BCUT2D eigenvalue weighted by Crippen LogP contribution is 2.35. The number of fused-ring (bicyclic) bond motifs is 1. The van der Waals surface area contributed by atoms with Crippen LogP contribution >= 0.6 is 0 Å². The van der Waals surface area contributed by atoms with Crippen LogP contribution in [0.5, 0.6) is 5.75 Å². The number of hydrogen-bond donors (Lipinski definition) is 1. The average Bonchev–Trinajstić information content (AvgIpc) is 3.58. The van der Waals surface area contributed by atoms with Gasteiger partial charge in [0.25, 0.3) is 0 Å². The molecule has 0 bridgehead atoms. The summed E-state index contributed by atoms with van der Waals surface area (Å²) in [6, 6.07) is 20.0. The zero-order valence-electron chi connectivity index (χ0n) is 22.1. The largest absolute Gasteiger partial charge is 0.497 e. The van der Waals surface area contributed by atoms with Crippen molar-refractivity contribution < 1.29 is 14.3 Å². The summed E-state index contributed by atoms with van der Waals surface area (Å²) in [7, 11) is 1.59. The smallest absolute Gasteiger partial charge is 0.249 e. The van der Waals surface area contributed by atoms with Gasteiger partial charge in [-0.1, -0.05) is 60.5 Å². The molecule has 8 nitrogen and oxygen atoms in total. The predicted octanol–water partition coefficient (Wildman–Crippen LogP) is 4.89. The van der Waals surface area contributed by atoms with Crippen molar-refractivity contribution in [3.05, 3.63) is 83.4 Å². The number of amides is 2. The third-order valence-electron chi connectivity index (χ3n) is 7.27. The van der Waals surface area contributed by atoms with Crippen LogP contribution in [0.2, 0.25) is 0 Å². The number of aromatic nitrogens is 3. The number of benzene rings is 3. The fourth-order valence-electron chi connectivity index (χ4n) is 5.40. The normalized spacial score (nSPS) is 14.4. The number of carbonyl (C=O) groups is 2. The predicted molar refractivity (Wildman–Crippen MR) is 147 cm³/mol. The molecule has 196 valence electrons. The fourth-order valence-corrected chi connectivity index (χ4v) is 5.40. The van der Waals surface area contributed by atoms with Gasteiger partial charge in [-0.05, 0) is 67.6 Å². The maximum atomic E-state index is 14.3. The Bertz CT molecular complexity index is 1440. The van der Waals surface area contributed by atoms with Gasteiger partial charge >= 0.3 is 0 Å². The van der Waals surface area contributed by atoms with Gasteiger partial charge < -0.3 is 10.1 Å². The Kier molecular flexibility index (Phi) is 7.40. The Morgan fingerprint density at radius 1 is 1.03 bits per heavy atom. The van der Waals surface area contributed by atoms with Crippen molar-refractivity contribution in [1.29, 1.82) is 0 Å². The van der Waals surface area contributed by atoms with Crippen LogP contribution in [0, 0.1) is 13.8 Å². The fraction of sp³-hybridized carbons (Fsp3) is 0.333. The van der Waals surface area contributed by atoms with Crippen LogP contribution in [-0.2, 0) is 16.1 Å². The summed E-state index contributed by atoms with van der Waals surface area (Å²) < 4.78 is 7.08. The molecule has 0 spiro atoms. The van der Waals surface area contributed by atoms with Gasteiger partial charge in [-0.3, -0.25) is 14.5 Å². The number of nitrogens with zero attached hydrogens (tertiary/aromatic N) is 4. The monoisotopic (exact) mass is 511 g/mol. The van der Waals surface area contributed by atoms with E-state index in [-0.39, 0.29) is 24.4 Å². The molecule has 5 rings (SSSR count). The molecular weight excluding hydrogens is 478 g/mol. The van der Waals surface area contributed by atoms with Crippen LogP contribution < -0.4 is 15.0 Å². The van der Waals surface area contributed by atoms with E-state index in [1.54, 1.807) is 16.7 Å². The Balaban J connectivity index is 1.63. The van der Waals surface area contributed by atoms with Crippen LogP contribution in [0.15, 0.2) is 66.7 Å². The van der Waals surface area contributed by atoms with Gasteiger partial charge in [0.1, 0.15) is 23.9 Å². The summed E-state index contributed by atoms with van der Waals surface area (Å²) in [5.74, 6) is 0.161. The second-order valence-electron chi connectivity index (χ2n) is 9.91. The lowest BCUT2D eigenvalue weighted by atomic mass is 9.99. The summed E-state index contributed by atoms with van der Waals surface area (Å²) >= 11 is 0. The van der Waals surface area contributed by atoms with Gasteiger partial charge in [-0.15, -0.1) is 5.10 Å². The van der Waals surface area contributed by atoms with Crippen LogP contribution in [0.3, 0.4) is 0 Å². The lowest BCUT2D eigenvalue weighted by Gasteiger charge is -2.34. The van der Waals surface area contributed by atoms with E-state index in [2.05, 4.69) is 15.6 Å². The second kappa shape index (κ2) is 11.0. The molecule has 2 amide bonds. The highest BCUT2D eigenvalue weighted by molar-refractivity contribution is 6.02. The first kappa shape index (κ1) is 25.4. The maximum Gasteiger partial charge on any atom is 0.249 e. The van der Waals surface area contributed by atoms with Crippen LogP contribution in [-0.4, -0.2) is 40.0 Å². The Labute approximate surface area is 222 Å². The first-order valence-corrected chi connectivity index (χ1v) is 13.1. The average molecular weight is 512 g/mol. The molecule has 3 aromatic carbocycles. The van der Waals surface area contributed by atoms with Gasteiger partial charge in [-0.25, -0.2) is 4.68 Å². The summed E-state index contributed by atoms with van der Waals surface area (Å²) in [4.78, 5) is 30.0. The summed E-state index contributed by atoms with van der Waals surface area (Å²) in [5.41, 5.74) is 4.68. The van der Waals surface area contributed by atoms with Crippen molar-refractivity contribution in [1.82, 2.24) is 20.3 Å². The molecule has 1 aliphatic rings. The van der Waals surface area contributed by atoms with Gasteiger partial charge in [0.2, 0.25) is 11.8 Å². The molecule has 1 aliphatic carbocycles. The molecule has 0 radical (unpaired) electrons. The molecule has 0 saturated heterocycles. The highest BCUT2D eigenvalue weighted by atomic mass is 16.5. The van der Waals surface area contributed by atoms with Gasteiger partial charge in [0, 0.05) is 6.04 Å². The third-order valence-corrected chi connectivity index (χ3v) is 7.27. The van der Waals surface area contributed by atoms with Crippen molar-refractivity contribution >= 4 is 28.5 Å². The zero-order chi connectivity index (χ0) is 26.6. The molecule has 4 aromatic rings. The van der Waals surface area contributed by atoms with E-state index < -0.39 is 6.04 Å². The number of hydrogen-bond acceptors (Lipinski definition) is 5. The molecule has 1 atom stereocenters. The third kappa shape index (κ3) is 5.11. The Hall–Kier alpha value is -4.20. The molecule has 1 heterocycles. The first-order valence-electron chi connectivity index (χ1n) is 13.1. The van der Waals surface area contributed by atoms with Gasteiger partial charge in [-0.2, -0.15) is 0 Å². The van der Waals surface area contributed by atoms with Crippen LogP contribution in [0.25, 0.3) is 11.0 Å². The summed E-state index contributed by atoms with van der Waals surface area (Å²) in [6.45, 7) is 3.86. The van der Waals surface area contributed by atoms with E-state index in [1.807, 2.05) is 80.6 Å². The van der Waals surface area contributed by atoms with Crippen LogP contribution in [0.4, 0.5) is 5.69 Å². The summed E-state index contributed by atoms with van der Waals surface area (Å²) in [5, 5.41) is 11.7. The van der Waals surface area contributed by atoms with Crippen molar-refractivity contribution in [2.24, 2.45) is 0 Å². The molecule has 1 N–H and O–H groups in total. The van der Waals surface area contributed by atoms with Crippen LogP contribution in [0.1, 0.15) is 48.4 Å². The Morgan fingerprint density at radius 3 is 2.47 bits per heavy atom. The quantitative estimate of drug-likeness (QED) is 0.364. The van der Waals surface area contributed by atoms with E-state index in [4.69, 9.17) is 4.74 Å². The molecule has 0 aliphatic heterocycles. The van der Waals surface area contributed by atoms with E-state index in [0.29, 0.717) is 16.8 Å². The zero-order valence-corrected chi connectivity index (χ0v) is 22.1. The number of para-hydroxylation sites is 2. The van der Waals surface area contributed by atoms with E-state index in [1.165, 1.54) is 0 Å². The maximum absolute atomic E-state index is 14.3. The minimum atomic E-state index is -0.896. The minimum Gasteiger partial charge on any atom is -0.497 e. The number of nitrogens with one attached hydrogen (secondary N) is 1. The van der Waals surface area contributed by atoms with Gasteiger partial charge in [0.15, 0.2) is 0 Å². The lowest BCUT2D eigenvalue weighted by molar-refractivity contribution is -0.127. The van der Waals surface area contributed by atoms with Crippen molar-refractivity contribution in [2.75, 3.05) is 12.0 Å². The van der Waals surface area contributed by atoms with E-state index in [9.17, 15) is 9.59 Å². The topological polar surface area (TPSA) is 89.4 Å². The van der Waals surface area contributed by atoms with Gasteiger partial charge in [0.05, 0.1) is 18.3 Å². The molecule has 38 heavy (non-hydrogen) atoms. The lowest BCUT2D eigenvalue weighted by Crippen LogP contribution is -2.47. The summed E-state index contributed by atoms with van der Waals surface area (Å²) in [6.07, 6.45) is 4.07. The minimum absolute atomic E-state index is 0.0640.